The molecule has 1 saturated heterocycles. The number of fused-ring (bicyclic) bond motifs is 1. The molecule has 0 aliphatic carbocycles. The second kappa shape index (κ2) is 5.76. The van der Waals surface area contributed by atoms with Crippen LogP contribution in [0.3, 0.4) is 0 Å². The predicted molar refractivity (Wildman–Crippen MR) is 82.4 cm³/mol. The molecule has 23 heavy (non-hydrogen) atoms. The summed E-state index contributed by atoms with van der Waals surface area (Å²) < 4.78 is 38.3. The third kappa shape index (κ3) is 2.92. The molecule has 0 saturated carbocycles. The standard InChI is InChI=1S/C15H16F3N3OS/c1-8-10-2-3-11(15(16,17)18)20-13(10)23-12(8)14(22)21-5-4-9(6-19)7-21/h2-3,9H,4-7,19H2,1H3/t9-/m0/s1. The first kappa shape index (κ1) is 16.2. The number of amides is 1. The predicted octanol–water partition coefficient (Wildman–Crippen LogP) is 3.04. The fraction of sp³-hybridized carbons (Fsp3) is 0.467. The minimum atomic E-state index is -4.49. The van der Waals surface area contributed by atoms with Gasteiger partial charge in [-0.2, -0.15) is 13.2 Å². The van der Waals surface area contributed by atoms with Crippen LogP contribution in [0.5, 0.6) is 0 Å². The van der Waals surface area contributed by atoms with E-state index in [-0.39, 0.29) is 10.7 Å². The van der Waals surface area contributed by atoms with E-state index in [4.69, 9.17) is 5.73 Å². The Morgan fingerprint density at radius 1 is 1.48 bits per heavy atom. The number of alkyl halides is 3. The Morgan fingerprint density at radius 2 is 2.22 bits per heavy atom. The van der Waals surface area contributed by atoms with Gasteiger partial charge in [-0.1, -0.05) is 0 Å². The average Bonchev–Trinajstić information content (AvgIpc) is 3.10. The van der Waals surface area contributed by atoms with Gasteiger partial charge >= 0.3 is 6.18 Å². The molecule has 2 aromatic rings. The van der Waals surface area contributed by atoms with Crippen molar-refractivity contribution in [2.75, 3.05) is 19.6 Å². The minimum absolute atomic E-state index is 0.144. The molecule has 0 spiro atoms. The Kier molecular flexibility index (Phi) is 4.05. The lowest BCUT2D eigenvalue weighted by molar-refractivity contribution is -0.140. The molecule has 1 fully saturated rings. The summed E-state index contributed by atoms with van der Waals surface area (Å²) in [5, 5.41) is 0.598. The molecule has 8 heteroatoms. The number of likely N-dealkylation sites (tertiary alicyclic amines) is 1. The van der Waals surface area contributed by atoms with E-state index in [9.17, 15) is 18.0 Å². The molecule has 0 unspecified atom stereocenters. The van der Waals surface area contributed by atoms with Crippen molar-refractivity contribution in [3.05, 3.63) is 28.3 Å². The normalized spacial score (nSPS) is 18.8. The molecule has 1 atom stereocenters. The molecule has 124 valence electrons. The lowest BCUT2D eigenvalue weighted by Crippen LogP contribution is -2.29. The fourth-order valence-corrected chi connectivity index (χ4v) is 3.96. The summed E-state index contributed by atoms with van der Waals surface area (Å²) in [6.07, 6.45) is -3.62. The van der Waals surface area contributed by atoms with Gasteiger partial charge in [-0.15, -0.1) is 11.3 Å². The molecule has 2 N–H and O–H groups in total. The number of halogens is 3. The van der Waals surface area contributed by atoms with Gasteiger partial charge in [0.25, 0.3) is 5.91 Å². The number of pyridine rings is 1. The smallest absolute Gasteiger partial charge is 0.338 e. The molecule has 3 rings (SSSR count). The number of rotatable bonds is 2. The number of aryl methyl sites for hydroxylation is 1. The maximum absolute atomic E-state index is 12.8. The molecule has 0 radical (unpaired) electrons. The summed E-state index contributed by atoms with van der Waals surface area (Å²) in [7, 11) is 0. The van der Waals surface area contributed by atoms with Gasteiger partial charge in [0.1, 0.15) is 10.5 Å². The highest BCUT2D eigenvalue weighted by Crippen LogP contribution is 2.35. The summed E-state index contributed by atoms with van der Waals surface area (Å²) in [5.74, 6) is 0.151. The van der Waals surface area contributed by atoms with Crippen molar-refractivity contribution in [1.29, 1.82) is 0 Å². The van der Waals surface area contributed by atoms with Gasteiger partial charge in [0, 0.05) is 18.5 Å². The third-order valence-corrected chi connectivity index (χ3v) is 5.38. The monoisotopic (exact) mass is 343 g/mol. The molecule has 0 bridgehead atoms. The van der Waals surface area contributed by atoms with Crippen LogP contribution in [0.4, 0.5) is 13.2 Å². The van der Waals surface area contributed by atoms with E-state index in [1.54, 1.807) is 11.8 Å². The van der Waals surface area contributed by atoms with Crippen LogP contribution in [0.15, 0.2) is 12.1 Å². The molecule has 4 nitrogen and oxygen atoms in total. The van der Waals surface area contributed by atoms with Gasteiger partial charge < -0.3 is 10.6 Å². The summed E-state index contributed by atoms with van der Waals surface area (Å²) in [5.41, 5.74) is 5.38. The van der Waals surface area contributed by atoms with Gasteiger partial charge in [-0.3, -0.25) is 4.79 Å². The Hall–Kier alpha value is -1.67. The van der Waals surface area contributed by atoms with E-state index in [2.05, 4.69) is 4.98 Å². The van der Waals surface area contributed by atoms with E-state index >= 15 is 0 Å². The van der Waals surface area contributed by atoms with Gasteiger partial charge in [0.05, 0.1) is 4.88 Å². The Balaban J connectivity index is 1.95. The molecular weight excluding hydrogens is 327 g/mol. The number of nitrogens with two attached hydrogens (primary N) is 1. The van der Waals surface area contributed by atoms with E-state index < -0.39 is 11.9 Å². The van der Waals surface area contributed by atoms with Crippen LogP contribution in [-0.4, -0.2) is 35.4 Å². The minimum Gasteiger partial charge on any atom is -0.338 e. The lowest BCUT2D eigenvalue weighted by Gasteiger charge is -2.15. The second-order valence-electron chi connectivity index (χ2n) is 5.74. The van der Waals surface area contributed by atoms with Gasteiger partial charge in [-0.25, -0.2) is 4.98 Å². The fourth-order valence-electron chi connectivity index (χ4n) is 2.81. The van der Waals surface area contributed by atoms with Gasteiger partial charge in [-0.05, 0) is 43.5 Å². The topological polar surface area (TPSA) is 59.2 Å². The maximum atomic E-state index is 12.8. The highest BCUT2D eigenvalue weighted by Gasteiger charge is 2.33. The zero-order chi connectivity index (χ0) is 16.8. The first-order valence-corrected chi connectivity index (χ1v) is 8.09. The Bertz CT molecular complexity index is 756. The highest BCUT2D eigenvalue weighted by molar-refractivity contribution is 7.20. The van der Waals surface area contributed by atoms with Crippen molar-refractivity contribution in [2.45, 2.75) is 19.5 Å². The van der Waals surface area contributed by atoms with Crippen LogP contribution in [0.25, 0.3) is 10.2 Å². The highest BCUT2D eigenvalue weighted by atomic mass is 32.1. The van der Waals surface area contributed by atoms with Crippen molar-refractivity contribution in [2.24, 2.45) is 11.7 Å². The van der Waals surface area contributed by atoms with Crippen molar-refractivity contribution >= 4 is 27.5 Å². The van der Waals surface area contributed by atoms with Crippen LogP contribution in [-0.2, 0) is 6.18 Å². The summed E-state index contributed by atoms with van der Waals surface area (Å²) in [6.45, 7) is 3.52. The first-order valence-electron chi connectivity index (χ1n) is 7.28. The van der Waals surface area contributed by atoms with Crippen molar-refractivity contribution in [1.82, 2.24) is 9.88 Å². The molecule has 1 aliphatic rings. The van der Waals surface area contributed by atoms with Crippen molar-refractivity contribution in [3.8, 4) is 0 Å². The van der Waals surface area contributed by atoms with Crippen LogP contribution < -0.4 is 5.73 Å². The zero-order valence-corrected chi connectivity index (χ0v) is 13.3. The van der Waals surface area contributed by atoms with Crippen molar-refractivity contribution in [3.63, 3.8) is 0 Å². The maximum Gasteiger partial charge on any atom is 0.433 e. The number of hydrogen-bond acceptors (Lipinski definition) is 4. The van der Waals surface area contributed by atoms with E-state index in [1.807, 2.05) is 0 Å². The Morgan fingerprint density at radius 3 is 2.83 bits per heavy atom. The largest absolute Gasteiger partial charge is 0.433 e. The van der Waals surface area contributed by atoms with Crippen LogP contribution in [0.1, 0.15) is 27.3 Å². The number of nitrogens with zero attached hydrogens (tertiary/aromatic N) is 2. The molecule has 1 amide bonds. The quantitative estimate of drug-likeness (QED) is 0.912. The zero-order valence-electron chi connectivity index (χ0n) is 12.5. The molecule has 1 aliphatic heterocycles. The molecular formula is C15H16F3N3OS. The summed E-state index contributed by atoms with van der Waals surface area (Å²) in [6, 6.07) is 2.34. The Labute approximate surface area is 135 Å². The van der Waals surface area contributed by atoms with Gasteiger partial charge in [0.2, 0.25) is 0 Å². The van der Waals surface area contributed by atoms with Crippen LogP contribution in [0, 0.1) is 12.8 Å². The van der Waals surface area contributed by atoms with Crippen LogP contribution in [0.2, 0.25) is 0 Å². The van der Waals surface area contributed by atoms with E-state index in [1.165, 1.54) is 6.07 Å². The number of carbonyl (C=O) groups is 1. The van der Waals surface area contributed by atoms with Crippen LogP contribution >= 0.6 is 11.3 Å². The number of carbonyl (C=O) groups excluding carboxylic acids is 1. The third-order valence-electron chi connectivity index (χ3n) is 4.19. The average molecular weight is 343 g/mol. The molecule has 2 aromatic heterocycles. The number of aromatic nitrogens is 1. The lowest BCUT2D eigenvalue weighted by atomic mass is 10.1. The molecule has 0 aromatic carbocycles. The van der Waals surface area contributed by atoms with Crippen molar-refractivity contribution < 1.29 is 18.0 Å². The SMILES string of the molecule is Cc1c(C(=O)N2CC[C@@H](CN)C2)sc2nc(C(F)(F)F)ccc12. The molecule has 3 heterocycles. The first-order chi connectivity index (χ1) is 10.8. The second-order valence-corrected chi connectivity index (χ2v) is 6.74. The summed E-state index contributed by atoms with van der Waals surface area (Å²) >= 11 is 1.02. The van der Waals surface area contributed by atoms with E-state index in [0.717, 1.165) is 23.8 Å². The number of hydrogen-bond donors (Lipinski definition) is 1. The number of thiophene rings is 1. The van der Waals surface area contributed by atoms with E-state index in [0.29, 0.717) is 41.4 Å². The van der Waals surface area contributed by atoms with Gasteiger partial charge in [0.15, 0.2) is 0 Å². The summed E-state index contributed by atoms with van der Waals surface area (Å²) in [4.78, 5) is 18.7.